The predicted octanol–water partition coefficient (Wildman–Crippen LogP) is 3.77. The van der Waals surface area contributed by atoms with Crippen molar-refractivity contribution < 1.29 is 0 Å². The molecule has 1 aromatic heterocycles. The topological polar surface area (TPSA) is 38.9 Å². The minimum Gasteiger partial charge on any atom is -0.324 e. The zero-order valence-corrected chi connectivity index (χ0v) is 11.6. The number of pyridine rings is 1. The van der Waals surface area contributed by atoms with E-state index in [-0.39, 0.29) is 11.5 Å². The molecule has 0 saturated carbocycles. The maximum Gasteiger partial charge on any atom is 0.0352 e. The van der Waals surface area contributed by atoms with E-state index in [9.17, 15) is 0 Å². The van der Waals surface area contributed by atoms with Crippen LogP contribution in [0.4, 0.5) is 0 Å². The molecule has 0 fully saturated rings. The Kier molecular flexibility index (Phi) is 2.90. The third kappa shape index (κ3) is 2.41. The molecule has 2 aromatic rings. The van der Waals surface area contributed by atoms with Crippen LogP contribution < -0.4 is 5.73 Å². The molecule has 0 amide bonds. The Morgan fingerprint density at radius 1 is 1.26 bits per heavy atom. The largest absolute Gasteiger partial charge is 0.324 e. The summed E-state index contributed by atoms with van der Waals surface area (Å²) >= 11 is 0. The summed E-state index contributed by atoms with van der Waals surface area (Å²) in [6.45, 7) is 4.59. The third-order valence-corrected chi connectivity index (χ3v) is 3.90. The molecule has 98 valence electrons. The second-order valence-electron chi connectivity index (χ2n) is 6.30. The van der Waals surface area contributed by atoms with Crippen molar-refractivity contribution in [1.82, 2.24) is 4.98 Å². The smallest absolute Gasteiger partial charge is 0.0352 e. The van der Waals surface area contributed by atoms with Gasteiger partial charge in [-0.05, 0) is 40.8 Å². The van der Waals surface area contributed by atoms with Crippen LogP contribution in [0.15, 0.2) is 42.7 Å². The molecule has 0 spiro atoms. The number of aromatic nitrogens is 1. The van der Waals surface area contributed by atoms with Gasteiger partial charge in [0.2, 0.25) is 0 Å². The molecule has 19 heavy (non-hydrogen) atoms. The summed E-state index contributed by atoms with van der Waals surface area (Å²) in [6.07, 6.45) is 8.16. The van der Waals surface area contributed by atoms with Crippen LogP contribution in [0.2, 0.25) is 0 Å². The molecule has 0 aliphatic heterocycles. The van der Waals surface area contributed by atoms with Gasteiger partial charge in [0.1, 0.15) is 0 Å². The Balaban J connectivity index is 2.14. The summed E-state index contributed by atoms with van der Waals surface area (Å²) in [5.74, 6) is 0. The monoisotopic (exact) mass is 252 g/mol. The molecule has 3 rings (SSSR count). The maximum atomic E-state index is 6.19. The molecule has 0 radical (unpaired) electrons. The lowest BCUT2D eigenvalue weighted by molar-refractivity contribution is 0.319. The number of nitrogens with zero attached hydrogens (tertiary/aromatic N) is 1. The first-order chi connectivity index (χ1) is 9.05. The second-order valence-corrected chi connectivity index (χ2v) is 6.30. The standard InChI is InChI=1S/C17H20N2/c1-17(2)9-13(8-14(18)10-17)15-5-3-4-12-6-7-19-11-16(12)15/h3-8,11,14H,9-10,18H2,1-2H3. The Bertz CT molecular complexity index is 635. The molecule has 2 heteroatoms. The fourth-order valence-corrected chi connectivity index (χ4v) is 3.18. The van der Waals surface area contributed by atoms with Crippen LogP contribution in [0, 0.1) is 5.41 Å². The summed E-state index contributed by atoms with van der Waals surface area (Å²) in [4.78, 5) is 4.27. The first-order valence-corrected chi connectivity index (χ1v) is 6.85. The van der Waals surface area contributed by atoms with Crippen LogP contribution in [-0.4, -0.2) is 11.0 Å². The molecule has 1 unspecified atom stereocenters. The van der Waals surface area contributed by atoms with Crippen molar-refractivity contribution in [2.75, 3.05) is 0 Å². The van der Waals surface area contributed by atoms with Crippen molar-refractivity contribution in [2.24, 2.45) is 11.1 Å². The minimum atomic E-state index is 0.158. The highest BCUT2D eigenvalue weighted by molar-refractivity contribution is 5.93. The van der Waals surface area contributed by atoms with Crippen molar-refractivity contribution in [3.05, 3.63) is 48.3 Å². The molecule has 0 bridgehead atoms. The molecular formula is C17H20N2. The molecule has 2 nitrogen and oxygen atoms in total. The maximum absolute atomic E-state index is 6.19. The summed E-state index contributed by atoms with van der Waals surface area (Å²) < 4.78 is 0. The lowest BCUT2D eigenvalue weighted by atomic mass is 9.73. The number of hydrogen-bond acceptors (Lipinski definition) is 2. The molecule has 1 aromatic carbocycles. The lowest BCUT2D eigenvalue weighted by Gasteiger charge is -2.33. The van der Waals surface area contributed by atoms with E-state index in [1.165, 1.54) is 21.9 Å². The van der Waals surface area contributed by atoms with Gasteiger partial charge in [-0.2, -0.15) is 0 Å². The number of allylic oxidation sites excluding steroid dienone is 1. The van der Waals surface area contributed by atoms with E-state index >= 15 is 0 Å². The van der Waals surface area contributed by atoms with E-state index < -0.39 is 0 Å². The van der Waals surface area contributed by atoms with Crippen LogP contribution in [0.1, 0.15) is 32.3 Å². The number of nitrogens with two attached hydrogens (primary N) is 1. The number of hydrogen-bond donors (Lipinski definition) is 1. The molecule has 1 aliphatic rings. The van der Waals surface area contributed by atoms with Crippen molar-refractivity contribution in [3.8, 4) is 0 Å². The van der Waals surface area contributed by atoms with Gasteiger partial charge in [0, 0.05) is 23.8 Å². The van der Waals surface area contributed by atoms with E-state index in [0.717, 1.165) is 12.8 Å². The second kappa shape index (κ2) is 4.46. The van der Waals surface area contributed by atoms with Crippen LogP contribution in [0.5, 0.6) is 0 Å². The van der Waals surface area contributed by atoms with Gasteiger partial charge in [-0.1, -0.05) is 38.1 Å². The summed E-state index contributed by atoms with van der Waals surface area (Å²) in [6, 6.07) is 8.66. The third-order valence-electron chi connectivity index (χ3n) is 3.90. The van der Waals surface area contributed by atoms with Crippen LogP contribution in [0.3, 0.4) is 0 Å². The highest BCUT2D eigenvalue weighted by Crippen LogP contribution is 2.40. The first-order valence-electron chi connectivity index (χ1n) is 6.85. The van der Waals surface area contributed by atoms with Crippen molar-refractivity contribution in [1.29, 1.82) is 0 Å². The van der Waals surface area contributed by atoms with Gasteiger partial charge >= 0.3 is 0 Å². The molecule has 2 N–H and O–H groups in total. The summed E-state index contributed by atoms with van der Waals surface area (Å²) in [7, 11) is 0. The van der Waals surface area contributed by atoms with Crippen LogP contribution in [0.25, 0.3) is 16.3 Å². The summed E-state index contributed by atoms with van der Waals surface area (Å²) in [5.41, 5.74) is 9.11. The normalized spacial score (nSPS) is 22.3. The van der Waals surface area contributed by atoms with E-state index in [1.54, 1.807) is 0 Å². The SMILES string of the molecule is CC1(C)CC(c2cccc3ccncc23)=CC(N)C1. The number of benzene rings is 1. The highest BCUT2D eigenvalue weighted by atomic mass is 14.6. The van der Waals surface area contributed by atoms with E-state index in [0.29, 0.717) is 0 Å². The van der Waals surface area contributed by atoms with E-state index in [4.69, 9.17) is 5.73 Å². The fraction of sp³-hybridized carbons (Fsp3) is 0.353. The number of fused-ring (bicyclic) bond motifs is 1. The van der Waals surface area contributed by atoms with Crippen LogP contribution in [-0.2, 0) is 0 Å². The zero-order chi connectivity index (χ0) is 13.5. The van der Waals surface area contributed by atoms with Gasteiger partial charge in [-0.25, -0.2) is 0 Å². The van der Waals surface area contributed by atoms with E-state index in [2.05, 4.69) is 49.2 Å². The minimum absolute atomic E-state index is 0.158. The number of rotatable bonds is 1. The zero-order valence-electron chi connectivity index (χ0n) is 11.6. The van der Waals surface area contributed by atoms with Crippen molar-refractivity contribution >= 4 is 16.3 Å². The Morgan fingerprint density at radius 3 is 2.89 bits per heavy atom. The molecular weight excluding hydrogens is 232 g/mol. The van der Waals surface area contributed by atoms with Crippen LogP contribution >= 0.6 is 0 Å². The fourth-order valence-electron chi connectivity index (χ4n) is 3.18. The Morgan fingerprint density at radius 2 is 2.11 bits per heavy atom. The van der Waals surface area contributed by atoms with Gasteiger partial charge in [0.05, 0.1) is 0 Å². The average Bonchev–Trinajstić information content (AvgIpc) is 2.35. The van der Waals surface area contributed by atoms with Crippen molar-refractivity contribution in [3.63, 3.8) is 0 Å². The van der Waals surface area contributed by atoms with Gasteiger partial charge in [-0.3, -0.25) is 4.98 Å². The van der Waals surface area contributed by atoms with Gasteiger partial charge in [0.25, 0.3) is 0 Å². The Hall–Kier alpha value is -1.67. The Labute approximate surface area is 114 Å². The van der Waals surface area contributed by atoms with Crippen molar-refractivity contribution in [2.45, 2.75) is 32.7 Å². The van der Waals surface area contributed by atoms with E-state index in [1.807, 2.05) is 12.4 Å². The molecule has 0 saturated heterocycles. The highest BCUT2D eigenvalue weighted by Gasteiger charge is 2.27. The van der Waals surface area contributed by atoms with Gasteiger partial charge < -0.3 is 5.73 Å². The van der Waals surface area contributed by atoms with Gasteiger partial charge in [0.15, 0.2) is 0 Å². The molecule has 1 aliphatic carbocycles. The average molecular weight is 252 g/mol. The molecule has 1 heterocycles. The predicted molar refractivity (Wildman–Crippen MR) is 80.7 cm³/mol. The van der Waals surface area contributed by atoms with Gasteiger partial charge in [-0.15, -0.1) is 0 Å². The summed E-state index contributed by atoms with van der Waals surface area (Å²) in [5, 5.41) is 2.46. The molecule has 1 atom stereocenters. The lowest BCUT2D eigenvalue weighted by Crippen LogP contribution is -2.30. The quantitative estimate of drug-likeness (QED) is 0.839. The first kappa shape index (κ1) is 12.4.